The largest absolute Gasteiger partial charge is 0.496 e. The number of hydrogen-bond acceptors (Lipinski definition) is 5. The van der Waals surface area contributed by atoms with Crippen LogP contribution < -0.4 is 24.4 Å². The van der Waals surface area contributed by atoms with Crippen LogP contribution in [0.4, 0.5) is 0 Å². The number of thiazole rings is 1. The van der Waals surface area contributed by atoms with E-state index in [1.807, 2.05) is 71.3 Å². The fourth-order valence-corrected chi connectivity index (χ4v) is 6.97. The molecule has 0 amide bonds. The molecule has 41 heavy (non-hydrogen) atoms. The highest BCUT2D eigenvalue weighted by Crippen LogP contribution is 2.43. The summed E-state index contributed by atoms with van der Waals surface area (Å²) in [5.41, 5.74) is 6.18. The minimum absolute atomic E-state index is 0.0918. The highest BCUT2D eigenvalue weighted by molar-refractivity contribution is 7.07. The molecule has 0 saturated heterocycles. The van der Waals surface area contributed by atoms with E-state index >= 15 is 0 Å². The van der Waals surface area contributed by atoms with Crippen LogP contribution >= 0.6 is 11.3 Å². The van der Waals surface area contributed by atoms with Crippen LogP contribution in [0.3, 0.4) is 0 Å². The van der Waals surface area contributed by atoms with Crippen molar-refractivity contribution >= 4 is 33.9 Å². The molecule has 1 atom stereocenters. The van der Waals surface area contributed by atoms with Crippen LogP contribution in [-0.2, 0) is 6.42 Å². The van der Waals surface area contributed by atoms with Gasteiger partial charge in [-0.3, -0.25) is 9.36 Å². The zero-order valence-electron chi connectivity index (χ0n) is 22.5. The molecule has 2 heterocycles. The number of terminal acetylenes is 1. The number of benzene rings is 4. The van der Waals surface area contributed by atoms with Crippen molar-refractivity contribution in [2.45, 2.75) is 18.9 Å². The Morgan fingerprint density at radius 1 is 1.00 bits per heavy atom. The Morgan fingerprint density at radius 2 is 1.80 bits per heavy atom. The van der Waals surface area contributed by atoms with Crippen molar-refractivity contribution in [3.05, 3.63) is 132 Å². The number of aromatic nitrogens is 1. The van der Waals surface area contributed by atoms with Crippen LogP contribution in [0.15, 0.2) is 100 Å². The average Bonchev–Trinajstić information content (AvgIpc) is 3.33. The summed E-state index contributed by atoms with van der Waals surface area (Å²) in [5.74, 6) is 3.94. The molecule has 0 N–H and O–H groups in total. The monoisotopic (exact) mass is 554 g/mol. The molecular weight excluding hydrogens is 528 g/mol. The van der Waals surface area contributed by atoms with Gasteiger partial charge in [-0.25, -0.2) is 4.99 Å². The second-order valence-corrected chi connectivity index (χ2v) is 11.1. The number of rotatable bonds is 5. The summed E-state index contributed by atoms with van der Waals surface area (Å²) in [6.45, 7) is 0.139. The fraction of sp³-hybridized carbons (Fsp3) is 0.143. The summed E-state index contributed by atoms with van der Waals surface area (Å²) in [6, 6.07) is 28.0. The maximum Gasteiger partial charge on any atom is 0.271 e. The predicted molar refractivity (Wildman–Crippen MR) is 164 cm³/mol. The van der Waals surface area contributed by atoms with Crippen molar-refractivity contribution in [2.24, 2.45) is 4.99 Å². The van der Waals surface area contributed by atoms with Gasteiger partial charge < -0.3 is 9.47 Å². The number of aryl methyl sites for hydroxylation is 1. The lowest BCUT2D eigenvalue weighted by molar-refractivity contribution is 0.370. The first kappa shape index (κ1) is 25.1. The van der Waals surface area contributed by atoms with Gasteiger partial charge in [-0.1, -0.05) is 90.1 Å². The third kappa shape index (κ3) is 4.18. The fourth-order valence-electron chi connectivity index (χ4n) is 5.99. The standard InChI is InChI=1S/C35H26N2O3S/c1-3-20-40-30-19-17-22-10-4-6-12-24(22)28(30)21-31-34(38)37-33(26-14-8-9-15-29(26)39-2)27-18-16-23-11-5-7-13-25(23)32(27)36-35(37)41-31/h1,4-15,17,19,21,33H,16,18,20H2,2H3/b31-21-. The molecule has 6 heteroatoms. The summed E-state index contributed by atoms with van der Waals surface area (Å²) >= 11 is 1.40. The molecule has 1 unspecified atom stereocenters. The second-order valence-electron chi connectivity index (χ2n) is 10.0. The van der Waals surface area contributed by atoms with E-state index in [1.165, 1.54) is 16.9 Å². The highest BCUT2D eigenvalue weighted by atomic mass is 32.1. The normalized spacial score (nSPS) is 15.9. The number of ether oxygens (including phenoxy) is 2. The first-order valence-corrected chi connectivity index (χ1v) is 14.3. The Labute approximate surface area is 241 Å². The maximum absolute atomic E-state index is 14.3. The van der Waals surface area contributed by atoms with Crippen LogP contribution in [0.25, 0.3) is 22.5 Å². The van der Waals surface area contributed by atoms with E-state index in [0.717, 1.165) is 57.3 Å². The number of methoxy groups -OCH3 is 1. The van der Waals surface area contributed by atoms with Crippen LogP contribution in [0.5, 0.6) is 11.5 Å². The molecule has 0 fully saturated rings. The Kier molecular flexibility index (Phi) is 6.30. The summed E-state index contributed by atoms with van der Waals surface area (Å²) in [7, 11) is 1.67. The van der Waals surface area contributed by atoms with Gasteiger partial charge in [0.05, 0.1) is 23.4 Å². The van der Waals surface area contributed by atoms with Crippen molar-refractivity contribution in [1.82, 2.24) is 4.57 Å². The van der Waals surface area contributed by atoms with E-state index in [-0.39, 0.29) is 18.2 Å². The van der Waals surface area contributed by atoms with Gasteiger partial charge >= 0.3 is 0 Å². The van der Waals surface area contributed by atoms with Crippen molar-refractivity contribution in [3.63, 3.8) is 0 Å². The average molecular weight is 555 g/mol. The minimum Gasteiger partial charge on any atom is -0.496 e. The second kappa shape index (κ2) is 10.3. The third-order valence-corrected chi connectivity index (χ3v) is 8.81. The number of para-hydroxylation sites is 1. The molecule has 1 aromatic heterocycles. The van der Waals surface area contributed by atoms with Crippen LogP contribution in [0, 0.1) is 12.3 Å². The molecule has 0 spiro atoms. The SMILES string of the molecule is C#CCOc1ccc2ccccc2c1/C=c1\sc2n(c1=O)C(c1ccccc1OC)C1=C(N=2)c2ccccc2CC1. The van der Waals surface area contributed by atoms with Crippen LogP contribution in [0.2, 0.25) is 0 Å². The Morgan fingerprint density at radius 3 is 2.68 bits per heavy atom. The number of allylic oxidation sites excluding steroid dienone is 1. The highest BCUT2D eigenvalue weighted by Gasteiger charge is 2.34. The Balaban J connectivity index is 1.52. The van der Waals surface area contributed by atoms with E-state index in [1.54, 1.807) is 7.11 Å². The molecule has 0 radical (unpaired) electrons. The van der Waals surface area contributed by atoms with Crippen molar-refractivity contribution in [2.75, 3.05) is 13.7 Å². The molecule has 200 valence electrons. The molecule has 1 aliphatic heterocycles. The van der Waals surface area contributed by atoms with Gasteiger partial charge in [0.25, 0.3) is 5.56 Å². The van der Waals surface area contributed by atoms with E-state index in [2.05, 4.69) is 30.2 Å². The van der Waals surface area contributed by atoms with Gasteiger partial charge in [0.2, 0.25) is 0 Å². The lowest BCUT2D eigenvalue weighted by atomic mass is 9.83. The van der Waals surface area contributed by atoms with Gasteiger partial charge in [-0.05, 0) is 53.0 Å². The van der Waals surface area contributed by atoms with Crippen molar-refractivity contribution in [1.29, 1.82) is 0 Å². The third-order valence-electron chi connectivity index (χ3n) is 7.82. The first-order valence-electron chi connectivity index (χ1n) is 13.5. The summed E-state index contributed by atoms with van der Waals surface area (Å²) < 4.78 is 14.2. The molecule has 4 aromatic carbocycles. The predicted octanol–water partition coefficient (Wildman–Crippen LogP) is 5.49. The van der Waals surface area contributed by atoms with Gasteiger partial charge in [0, 0.05) is 16.7 Å². The van der Waals surface area contributed by atoms with Crippen LogP contribution in [0.1, 0.15) is 34.7 Å². The number of nitrogens with zero attached hydrogens (tertiary/aromatic N) is 2. The molecule has 1 aliphatic carbocycles. The van der Waals surface area contributed by atoms with E-state index < -0.39 is 0 Å². The molecule has 5 nitrogen and oxygen atoms in total. The Hall–Kier alpha value is -4.86. The lowest BCUT2D eigenvalue weighted by Crippen LogP contribution is -2.39. The number of fused-ring (bicyclic) bond motifs is 4. The Bertz CT molecular complexity index is 2090. The molecule has 7 rings (SSSR count). The minimum atomic E-state index is -0.322. The maximum atomic E-state index is 14.3. The van der Waals surface area contributed by atoms with Gasteiger partial charge in [0.15, 0.2) is 4.80 Å². The summed E-state index contributed by atoms with van der Waals surface area (Å²) in [6.07, 6.45) is 9.14. The molecule has 5 aromatic rings. The van der Waals surface area contributed by atoms with Gasteiger partial charge in [-0.2, -0.15) is 0 Å². The van der Waals surface area contributed by atoms with Gasteiger partial charge in [0.1, 0.15) is 18.1 Å². The summed E-state index contributed by atoms with van der Waals surface area (Å²) in [5, 5.41) is 2.04. The number of hydrogen-bond donors (Lipinski definition) is 0. The smallest absolute Gasteiger partial charge is 0.271 e. The van der Waals surface area contributed by atoms with Crippen LogP contribution in [-0.4, -0.2) is 18.3 Å². The zero-order chi connectivity index (χ0) is 27.9. The molecule has 2 aliphatic rings. The molecular formula is C35H26N2O3S. The zero-order valence-corrected chi connectivity index (χ0v) is 23.3. The lowest BCUT2D eigenvalue weighted by Gasteiger charge is -2.31. The first-order chi connectivity index (χ1) is 20.2. The molecule has 0 bridgehead atoms. The summed E-state index contributed by atoms with van der Waals surface area (Å²) in [4.78, 5) is 20.1. The van der Waals surface area contributed by atoms with Gasteiger partial charge in [-0.15, -0.1) is 6.42 Å². The quantitative estimate of drug-likeness (QED) is 0.270. The molecule has 0 saturated carbocycles. The topological polar surface area (TPSA) is 52.8 Å². The van der Waals surface area contributed by atoms with Crippen molar-refractivity contribution in [3.8, 4) is 23.8 Å². The van der Waals surface area contributed by atoms with E-state index in [0.29, 0.717) is 15.1 Å². The van der Waals surface area contributed by atoms with E-state index in [4.69, 9.17) is 20.9 Å². The van der Waals surface area contributed by atoms with Crippen molar-refractivity contribution < 1.29 is 9.47 Å². The van der Waals surface area contributed by atoms with E-state index in [9.17, 15) is 4.79 Å².